The van der Waals surface area contributed by atoms with Gasteiger partial charge in [0.15, 0.2) is 0 Å². The van der Waals surface area contributed by atoms with Crippen LogP contribution in [0.1, 0.15) is 12.8 Å². The summed E-state index contributed by atoms with van der Waals surface area (Å²) in [5.74, 6) is 1.58. The van der Waals surface area contributed by atoms with E-state index >= 15 is 0 Å². The molecule has 156 valence electrons. The van der Waals surface area contributed by atoms with Crippen LogP contribution in [0.2, 0.25) is 0 Å². The number of rotatable bonds is 4. The Kier molecular flexibility index (Phi) is 5.51. The van der Waals surface area contributed by atoms with Gasteiger partial charge in [-0.1, -0.05) is 15.9 Å². The van der Waals surface area contributed by atoms with Gasteiger partial charge >= 0.3 is 0 Å². The minimum absolute atomic E-state index is 0.768. The first kappa shape index (κ1) is 19.9. The van der Waals surface area contributed by atoms with E-state index in [0.29, 0.717) is 0 Å². The van der Waals surface area contributed by atoms with Crippen LogP contribution >= 0.6 is 15.9 Å². The maximum atomic E-state index is 6.21. The predicted octanol–water partition coefficient (Wildman–Crippen LogP) is 6.70. The van der Waals surface area contributed by atoms with Crippen LogP contribution in [-0.2, 0) is 0 Å². The molecule has 0 amide bonds. The molecule has 0 spiro atoms. The number of benzene rings is 3. The van der Waals surface area contributed by atoms with Gasteiger partial charge in [0.1, 0.15) is 17.1 Å². The highest BCUT2D eigenvalue weighted by Crippen LogP contribution is 2.27. The molecule has 1 aliphatic heterocycles. The van der Waals surface area contributed by atoms with Gasteiger partial charge in [-0.25, -0.2) is 4.99 Å². The maximum Gasteiger partial charge on any atom is 0.136 e. The number of methoxy groups -OCH3 is 1. The topological polar surface area (TPSA) is 38.0 Å². The SMILES string of the molecule is COc1ccc(-c2cc(=Nc3ccc(N4CCCC4)cc3)c3cc(Br)ccc3o2)cc1. The third-order valence-electron chi connectivity index (χ3n) is 5.65. The smallest absolute Gasteiger partial charge is 0.136 e. The molecule has 2 heterocycles. The zero-order valence-electron chi connectivity index (χ0n) is 17.3. The third kappa shape index (κ3) is 4.23. The molecule has 3 aromatic carbocycles. The fraction of sp³-hybridized carbons (Fsp3) is 0.192. The van der Waals surface area contributed by atoms with Crippen molar-refractivity contribution in [3.63, 3.8) is 0 Å². The van der Waals surface area contributed by atoms with Gasteiger partial charge in [0.25, 0.3) is 0 Å². The van der Waals surface area contributed by atoms with Crippen LogP contribution in [0.4, 0.5) is 11.4 Å². The Hall–Kier alpha value is -3.05. The summed E-state index contributed by atoms with van der Waals surface area (Å²) in [6.07, 6.45) is 2.54. The molecule has 0 saturated carbocycles. The summed E-state index contributed by atoms with van der Waals surface area (Å²) in [7, 11) is 1.67. The van der Waals surface area contributed by atoms with E-state index in [0.717, 1.165) is 56.6 Å². The van der Waals surface area contributed by atoms with E-state index in [1.54, 1.807) is 7.11 Å². The molecule has 0 atom stereocenters. The number of anilines is 1. The summed E-state index contributed by atoms with van der Waals surface area (Å²) in [6, 6.07) is 24.4. The number of ether oxygens (including phenoxy) is 1. The molecule has 1 fully saturated rings. The molecule has 0 N–H and O–H groups in total. The van der Waals surface area contributed by atoms with Crippen molar-refractivity contribution in [2.75, 3.05) is 25.1 Å². The van der Waals surface area contributed by atoms with Gasteiger partial charge in [-0.15, -0.1) is 0 Å². The fourth-order valence-electron chi connectivity index (χ4n) is 3.98. The van der Waals surface area contributed by atoms with E-state index in [9.17, 15) is 0 Å². The second-order valence-electron chi connectivity index (χ2n) is 7.69. The number of halogens is 1. The van der Waals surface area contributed by atoms with Gasteiger partial charge < -0.3 is 14.1 Å². The van der Waals surface area contributed by atoms with Crippen molar-refractivity contribution in [3.05, 3.63) is 82.6 Å². The Morgan fingerprint density at radius 3 is 2.35 bits per heavy atom. The number of fused-ring (bicyclic) bond motifs is 1. The molecule has 1 aliphatic rings. The van der Waals surface area contributed by atoms with Crippen LogP contribution in [0, 0.1) is 0 Å². The highest BCUT2D eigenvalue weighted by molar-refractivity contribution is 9.10. The number of nitrogens with zero attached hydrogens (tertiary/aromatic N) is 2. The van der Waals surface area contributed by atoms with E-state index in [-0.39, 0.29) is 0 Å². The predicted molar refractivity (Wildman–Crippen MR) is 129 cm³/mol. The Morgan fingerprint density at radius 1 is 0.903 bits per heavy atom. The van der Waals surface area contributed by atoms with Crippen LogP contribution in [0.5, 0.6) is 5.75 Å². The molecule has 1 saturated heterocycles. The van der Waals surface area contributed by atoms with Gasteiger partial charge in [-0.3, -0.25) is 0 Å². The van der Waals surface area contributed by atoms with E-state index in [4.69, 9.17) is 14.1 Å². The van der Waals surface area contributed by atoms with E-state index in [1.807, 2.05) is 48.5 Å². The Labute approximate surface area is 189 Å². The molecular weight excluding hydrogens is 452 g/mol. The summed E-state index contributed by atoms with van der Waals surface area (Å²) in [4.78, 5) is 7.40. The standard InChI is InChI=1S/C26H23BrN2O2/c1-30-22-11-4-18(5-12-22)26-17-24(23-16-19(27)6-13-25(23)31-26)28-20-7-9-21(10-8-20)29-14-2-3-15-29/h4-13,16-17H,2-3,14-15H2,1H3. The zero-order valence-corrected chi connectivity index (χ0v) is 18.9. The lowest BCUT2D eigenvalue weighted by atomic mass is 10.1. The molecule has 0 radical (unpaired) electrons. The minimum Gasteiger partial charge on any atom is -0.497 e. The van der Waals surface area contributed by atoms with Crippen LogP contribution in [0.3, 0.4) is 0 Å². The molecule has 0 aliphatic carbocycles. The van der Waals surface area contributed by atoms with Crippen LogP contribution in [0.25, 0.3) is 22.3 Å². The first-order valence-corrected chi connectivity index (χ1v) is 11.3. The van der Waals surface area contributed by atoms with Gasteiger partial charge in [-0.05, 0) is 79.6 Å². The van der Waals surface area contributed by atoms with Crippen LogP contribution < -0.4 is 15.0 Å². The molecule has 4 nitrogen and oxygen atoms in total. The Balaban J connectivity index is 1.60. The molecule has 31 heavy (non-hydrogen) atoms. The second kappa shape index (κ2) is 8.60. The molecule has 5 rings (SSSR count). The summed E-state index contributed by atoms with van der Waals surface area (Å²) in [5.41, 5.74) is 3.97. The largest absolute Gasteiger partial charge is 0.497 e. The summed E-state index contributed by atoms with van der Waals surface area (Å²) >= 11 is 3.58. The lowest BCUT2D eigenvalue weighted by Gasteiger charge is -2.17. The third-order valence-corrected chi connectivity index (χ3v) is 6.14. The Bertz CT molecular complexity index is 1270. The van der Waals surface area contributed by atoms with E-state index in [1.165, 1.54) is 18.5 Å². The normalized spacial score (nSPS) is 14.4. The van der Waals surface area contributed by atoms with Crippen molar-refractivity contribution in [2.45, 2.75) is 12.8 Å². The molecule has 1 aromatic heterocycles. The van der Waals surface area contributed by atoms with Gasteiger partial charge in [0.2, 0.25) is 0 Å². The average molecular weight is 475 g/mol. The lowest BCUT2D eigenvalue weighted by Crippen LogP contribution is -2.17. The number of hydrogen-bond donors (Lipinski definition) is 0. The van der Waals surface area contributed by atoms with Crippen molar-refractivity contribution < 1.29 is 9.15 Å². The minimum atomic E-state index is 0.768. The second-order valence-corrected chi connectivity index (χ2v) is 8.60. The quantitative estimate of drug-likeness (QED) is 0.330. The molecule has 0 bridgehead atoms. The van der Waals surface area contributed by atoms with Gasteiger partial charge in [-0.2, -0.15) is 0 Å². The van der Waals surface area contributed by atoms with Crippen molar-refractivity contribution in [1.82, 2.24) is 0 Å². The average Bonchev–Trinajstić information content (AvgIpc) is 3.35. The van der Waals surface area contributed by atoms with Crippen molar-refractivity contribution in [1.29, 1.82) is 0 Å². The highest BCUT2D eigenvalue weighted by Gasteiger charge is 2.12. The van der Waals surface area contributed by atoms with Crippen LogP contribution in [0.15, 0.2) is 86.7 Å². The van der Waals surface area contributed by atoms with Gasteiger partial charge in [0, 0.05) is 40.3 Å². The summed E-state index contributed by atoms with van der Waals surface area (Å²) in [6.45, 7) is 2.28. The van der Waals surface area contributed by atoms with Crippen molar-refractivity contribution >= 4 is 38.3 Å². The molecule has 0 unspecified atom stereocenters. The van der Waals surface area contributed by atoms with Crippen molar-refractivity contribution in [2.24, 2.45) is 4.99 Å². The molecular formula is C26H23BrN2O2. The zero-order chi connectivity index (χ0) is 21.2. The first-order valence-electron chi connectivity index (χ1n) is 10.5. The first-order chi connectivity index (χ1) is 15.2. The summed E-state index contributed by atoms with van der Waals surface area (Å²) in [5, 5.41) is 1.84. The van der Waals surface area contributed by atoms with Crippen molar-refractivity contribution in [3.8, 4) is 17.1 Å². The highest BCUT2D eigenvalue weighted by atomic mass is 79.9. The van der Waals surface area contributed by atoms with E-state index < -0.39 is 0 Å². The Morgan fingerprint density at radius 2 is 1.65 bits per heavy atom. The van der Waals surface area contributed by atoms with Crippen LogP contribution in [-0.4, -0.2) is 20.2 Å². The molecule has 5 heteroatoms. The monoisotopic (exact) mass is 474 g/mol. The molecule has 4 aromatic rings. The van der Waals surface area contributed by atoms with Gasteiger partial charge in [0.05, 0.1) is 18.2 Å². The lowest BCUT2D eigenvalue weighted by molar-refractivity contribution is 0.415. The fourth-order valence-corrected chi connectivity index (χ4v) is 4.34. The summed E-state index contributed by atoms with van der Waals surface area (Å²) < 4.78 is 12.5. The number of hydrogen-bond acceptors (Lipinski definition) is 4. The maximum absolute atomic E-state index is 6.21. The van der Waals surface area contributed by atoms with E-state index in [2.05, 4.69) is 45.1 Å².